The molecule has 3 aromatic rings. The van der Waals surface area contributed by atoms with Gasteiger partial charge in [0.1, 0.15) is 5.82 Å². The lowest BCUT2D eigenvalue weighted by Crippen LogP contribution is -2.50. The molecule has 0 bridgehead atoms. The molecule has 1 saturated heterocycles. The topological polar surface area (TPSA) is 66.4 Å². The second kappa shape index (κ2) is 7.99. The molecule has 2 amide bonds. The van der Waals surface area contributed by atoms with Crippen molar-refractivity contribution >= 4 is 34.4 Å². The van der Waals surface area contributed by atoms with E-state index in [4.69, 9.17) is 11.6 Å². The Morgan fingerprint density at radius 3 is 2.10 bits per heavy atom. The number of fused-ring (bicyclic) bond motifs is 1. The van der Waals surface area contributed by atoms with Crippen molar-refractivity contribution in [1.82, 2.24) is 19.8 Å². The van der Waals surface area contributed by atoms with Gasteiger partial charge in [-0.05, 0) is 50.2 Å². The number of halogens is 2. The molecule has 8 heteroatoms. The molecule has 2 aromatic carbocycles. The van der Waals surface area contributed by atoms with E-state index in [1.54, 1.807) is 28.0 Å². The summed E-state index contributed by atoms with van der Waals surface area (Å²) < 4.78 is 13.2. The lowest BCUT2D eigenvalue weighted by Gasteiger charge is -2.35. The highest BCUT2D eigenvalue weighted by Gasteiger charge is 2.26. The molecule has 2 heterocycles. The van der Waals surface area contributed by atoms with Crippen molar-refractivity contribution in [3.05, 3.63) is 69.8 Å². The standard InChI is InChI=1S/C22H20ClFN4O2/c1-13-14(2)26-20-11-15(3-6-19(20)25-13)21(29)27-7-9-28(10-8-27)22(30)17-5-4-16(24)12-18(17)23/h3-6,11-12H,7-10H2,1-2H3. The average Bonchev–Trinajstić information content (AvgIpc) is 2.73. The number of carbonyl (C=O) groups excluding carboxylic acids is 2. The fourth-order valence-electron chi connectivity index (χ4n) is 3.49. The van der Waals surface area contributed by atoms with E-state index in [0.717, 1.165) is 23.0 Å². The summed E-state index contributed by atoms with van der Waals surface area (Å²) in [6.07, 6.45) is 0. The normalized spacial score (nSPS) is 14.3. The van der Waals surface area contributed by atoms with Gasteiger partial charge in [0.15, 0.2) is 0 Å². The Kier molecular flexibility index (Phi) is 5.39. The Labute approximate surface area is 178 Å². The van der Waals surface area contributed by atoms with Crippen LogP contribution in [0.1, 0.15) is 32.1 Å². The number of benzene rings is 2. The van der Waals surface area contributed by atoms with Crippen LogP contribution in [0.2, 0.25) is 5.02 Å². The molecule has 1 aliphatic heterocycles. The average molecular weight is 427 g/mol. The van der Waals surface area contributed by atoms with E-state index in [9.17, 15) is 14.0 Å². The second-order valence-electron chi connectivity index (χ2n) is 7.31. The van der Waals surface area contributed by atoms with E-state index in [-0.39, 0.29) is 22.4 Å². The first-order valence-corrected chi connectivity index (χ1v) is 10.00. The predicted molar refractivity (Wildman–Crippen MR) is 112 cm³/mol. The van der Waals surface area contributed by atoms with Crippen LogP contribution in [-0.4, -0.2) is 57.8 Å². The first-order chi connectivity index (χ1) is 14.3. The van der Waals surface area contributed by atoms with E-state index in [2.05, 4.69) is 9.97 Å². The van der Waals surface area contributed by atoms with Gasteiger partial charge in [-0.3, -0.25) is 9.59 Å². The van der Waals surface area contributed by atoms with Crippen molar-refractivity contribution < 1.29 is 14.0 Å². The number of nitrogens with zero attached hydrogens (tertiary/aromatic N) is 4. The predicted octanol–water partition coefficient (Wildman–Crippen LogP) is 3.64. The number of hydrogen-bond acceptors (Lipinski definition) is 4. The van der Waals surface area contributed by atoms with Gasteiger partial charge in [0.25, 0.3) is 11.8 Å². The largest absolute Gasteiger partial charge is 0.335 e. The van der Waals surface area contributed by atoms with Gasteiger partial charge in [-0.1, -0.05) is 11.6 Å². The van der Waals surface area contributed by atoms with Crippen molar-refractivity contribution in [1.29, 1.82) is 0 Å². The zero-order chi connectivity index (χ0) is 21.4. The zero-order valence-corrected chi connectivity index (χ0v) is 17.4. The van der Waals surface area contributed by atoms with Gasteiger partial charge < -0.3 is 9.80 Å². The fourth-order valence-corrected chi connectivity index (χ4v) is 3.74. The van der Waals surface area contributed by atoms with Gasteiger partial charge in [-0.25, -0.2) is 14.4 Å². The SMILES string of the molecule is Cc1nc2ccc(C(=O)N3CCN(C(=O)c4ccc(F)cc4Cl)CC3)cc2nc1C. The number of aromatic nitrogens is 2. The molecule has 0 aliphatic carbocycles. The van der Waals surface area contributed by atoms with E-state index in [1.165, 1.54) is 12.1 Å². The van der Waals surface area contributed by atoms with Crippen molar-refractivity contribution in [3.63, 3.8) is 0 Å². The van der Waals surface area contributed by atoms with Crippen LogP contribution in [0.3, 0.4) is 0 Å². The summed E-state index contributed by atoms with van der Waals surface area (Å²) in [7, 11) is 0. The Balaban J connectivity index is 1.46. The molecule has 1 aromatic heterocycles. The molecular weight excluding hydrogens is 407 g/mol. The molecule has 0 N–H and O–H groups in total. The zero-order valence-electron chi connectivity index (χ0n) is 16.7. The molecule has 4 rings (SSSR count). The first kappa shape index (κ1) is 20.2. The summed E-state index contributed by atoms with van der Waals surface area (Å²) >= 11 is 6.01. The Morgan fingerprint density at radius 2 is 1.47 bits per heavy atom. The highest BCUT2D eigenvalue weighted by Crippen LogP contribution is 2.21. The summed E-state index contributed by atoms with van der Waals surface area (Å²) in [5.74, 6) is -0.861. The molecule has 0 unspecified atom stereocenters. The van der Waals surface area contributed by atoms with E-state index in [1.807, 2.05) is 13.8 Å². The van der Waals surface area contributed by atoms with E-state index in [0.29, 0.717) is 37.3 Å². The van der Waals surface area contributed by atoms with Crippen LogP contribution in [0.4, 0.5) is 4.39 Å². The number of amides is 2. The van der Waals surface area contributed by atoms with Crippen molar-refractivity contribution in [2.45, 2.75) is 13.8 Å². The third kappa shape index (κ3) is 3.85. The van der Waals surface area contributed by atoms with Crippen LogP contribution in [-0.2, 0) is 0 Å². The summed E-state index contributed by atoms with van der Waals surface area (Å²) in [4.78, 5) is 38.0. The van der Waals surface area contributed by atoms with Crippen LogP contribution in [0.5, 0.6) is 0 Å². The van der Waals surface area contributed by atoms with Crippen LogP contribution < -0.4 is 0 Å². The van der Waals surface area contributed by atoms with Crippen LogP contribution in [0, 0.1) is 19.7 Å². The number of piperazine rings is 1. The van der Waals surface area contributed by atoms with E-state index < -0.39 is 5.82 Å². The van der Waals surface area contributed by atoms with Crippen LogP contribution >= 0.6 is 11.6 Å². The molecule has 30 heavy (non-hydrogen) atoms. The second-order valence-corrected chi connectivity index (χ2v) is 7.71. The Bertz CT molecular complexity index is 1160. The summed E-state index contributed by atoms with van der Waals surface area (Å²) in [6, 6.07) is 9.04. The quantitative estimate of drug-likeness (QED) is 0.627. The number of aryl methyl sites for hydroxylation is 2. The lowest BCUT2D eigenvalue weighted by molar-refractivity contribution is 0.0535. The molecule has 6 nitrogen and oxygen atoms in total. The number of rotatable bonds is 2. The maximum Gasteiger partial charge on any atom is 0.255 e. The van der Waals surface area contributed by atoms with Crippen molar-refractivity contribution in [2.24, 2.45) is 0 Å². The maximum absolute atomic E-state index is 13.2. The highest BCUT2D eigenvalue weighted by molar-refractivity contribution is 6.33. The minimum Gasteiger partial charge on any atom is -0.335 e. The minimum atomic E-state index is -0.489. The molecule has 1 fully saturated rings. The fraction of sp³-hybridized carbons (Fsp3) is 0.273. The molecule has 0 atom stereocenters. The molecule has 0 spiro atoms. The third-order valence-corrected chi connectivity index (χ3v) is 5.65. The van der Waals surface area contributed by atoms with Gasteiger partial charge in [0.2, 0.25) is 0 Å². The number of hydrogen-bond donors (Lipinski definition) is 0. The molecule has 0 saturated carbocycles. The molecule has 1 aliphatic rings. The van der Waals surface area contributed by atoms with Crippen molar-refractivity contribution in [2.75, 3.05) is 26.2 Å². The van der Waals surface area contributed by atoms with Gasteiger partial charge >= 0.3 is 0 Å². The lowest BCUT2D eigenvalue weighted by atomic mass is 10.1. The number of carbonyl (C=O) groups is 2. The van der Waals surface area contributed by atoms with E-state index >= 15 is 0 Å². The van der Waals surface area contributed by atoms with Gasteiger partial charge in [0.05, 0.1) is 33.0 Å². The minimum absolute atomic E-state index is 0.0845. The molecule has 0 radical (unpaired) electrons. The van der Waals surface area contributed by atoms with Gasteiger partial charge in [-0.15, -0.1) is 0 Å². The molecular formula is C22H20ClFN4O2. The Hall–Kier alpha value is -3.06. The monoisotopic (exact) mass is 426 g/mol. The molecule has 154 valence electrons. The van der Waals surface area contributed by atoms with Crippen LogP contribution in [0.25, 0.3) is 11.0 Å². The summed E-state index contributed by atoms with van der Waals surface area (Å²) in [6.45, 7) is 5.36. The van der Waals surface area contributed by atoms with Gasteiger partial charge in [0, 0.05) is 31.7 Å². The smallest absolute Gasteiger partial charge is 0.255 e. The van der Waals surface area contributed by atoms with Crippen molar-refractivity contribution in [3.8, 4) is 0 Å². The Morgan fingerprint density at radius 1 is 0.867 bits per heavy atom. The summed E-state index contributed by atoms with van der Waals surface area (Å²) in [5, 5.41) is 0.0845. The third-order valence-electron chi connectivity index (χ3n) is 5.34. The maximum atomic E-state index is 13.2. The first-order valence-electron chi connectivity index (χ1n) is 9.62. The van der Waals surface area contributed by atoms with Crippen LogP contribution in [0.15, 0.2) is 36.4 Å². The highest BCUT2D eigenvalue weighted by atomic mass is 35.5. The van der Waals surface area contributed by atoms with Gasteiger partial charge in [-0.2, -0.15) is 0 Å². The summed E-state index contributed by atoms with van der Waals surface area (Å²) in [5.41, 5.74) is 3.94.